The summed E-state index contributed by atoms with van der Waals surface area (Å²) >= 11 is 0. The molecule has 2 rings (SSSR count). The third-order valence-corrected chi connectivity index (χ3v) is 3.86. The van der Waals surface area contributed by atoms with Gasteiger partial charge in [-0.2, -0.15) is 0 Å². The highest BCUT2D eigenvalue weighted by Gasteiger charge is 2.29. The Hall–Kier alpha value is -1.60. The van der Waals surface area contributed by atoms with Gasteiger partial charge in [0.1, 0.15) is 0 Å². The monoisotopic (exact) mass is 297 g/mol. The minimum Gasteiger partial charge on any atom is -0.325 e. The van der Waals surface area contributed by atoms with Gasteiger partial charge in [-0.25, -0.2) is 8.42 Å². The van der Waals surface area contributed by atoms with Crippen molar-refractivity contribution in [2.24, 2.45) is 5.92 Å². The van der Waals surface area contributed by atoms with E-state index in [0.29, 0.717) is 17.3 Å². The van der Waals surface area contributed by atoms with Crippen molar-refractivity contribution in [1.82, 2.24) is 5.32 Å². The van der Waals surface area contributed by atoms with Crippen LogP contribution in [0.3, 0.4) is 0 Å². The lowest BCUT2D eigenvalue weighted by molar-refractivity contribution is -0.118. The fraction of sp³-hybridized carbons (Fsp3) is 0.462. The summed E-state index contributed by atoms with van der Waals surface area (Å²) in [7, 11) is -3.32. The van der Waals surface area contributed by atoms with Crippen molar-refractivity contribution in [3.63, 3.8) is 0 Å². The average Bonchev–Trinajstić information content (AvgIpc) is 2.73. The lowest BCUT2D eigenvalue weighted by atomic mass is 10.0. The third kappa shape index (κ3) is 3.94. The van der Waals surface area contributed by atoms with Crippen LogP contribution in [-0.4, -0.2) is 33.2 Å². The SMILES string of the molecule is CC1CCNC1C(=O)Nc1cccc(NS(C)(=O)=O)c1. The first-order valence-corrected chi connectivity index (χ1v) is 8.36. The third-order valence-electron chi connectivity index (χ3n) is 3.25. The van der Waals surface area contributed by atoms with E-state index in [2.05, 4.69) is 15.4 Å². The molecule has 0 radical (unpaired) electrons. The number of nitrogens with one attached hydrogen (secondary N) is 3. The normalized spacial score (nSPS) is 22.5. The van der Waals surface area contributed by atoms with E-state index in [-0.39, 0.29) is 11.9 Å². The van der Waals surface area contributed by atoms with Crippen LogP contribution < -0.4 is 15.4 Å². The van der Waals surface area contributed by atoms with Crippen LogP contribution in [0.4, 0.5) is 11.4 Å². The summed E-state index contributed by atoms with van der Waals surface area (Å²) in [6.45, 7) is 2.88. The predicted octanol–water partition coefficient (Wildman–Crippen LogP) is 0.995. The minimum atomic E-state index is -3.32. The van der Waals surface area contributed by atoms with Crippen LogP contribution in [0.15, 0.2) is 24.3 Å². The summed E-state index contributed by atoms with van der Waals surface area (Å²) < 4.78 is 24.7. The minimum absolute atomic E-state index is 0.0912. The van der Waals surface area contributed by atoms with E-state index in [9.17, 15) is 13.2 Å². The van der Waals surface area contributed by atoms with E-state index >= 15 is 0 Å². The molecule has 1 fully saturated rings. The van der Waals surface area contributed by atoms with E-state index in [4.69, 9.17) is 0 Å². The number of carbonyl (C=O) groups excluding carboxylic acids is 1. The van der Waals surface area contributed by atoms with Crippen molar-refractivity contribution in [3.8, 4) is 0 Å². The Morgan fingerprint density at radius 1 is 1.35 bits per heavy atom. The summed E-state index contributed by atoms with van der Waals surface area (Å²) in [6.07, 6.45) is 2.07. The highest BCUT2D eigenvalue weighted by atomic mass is 32.2. The highest BCUT2D eigenvalue weighted by molar-refractivity contribution is 7.92. The number of benzene rings is 1. The zero-order chi connectivity index (χ0) is 14.8. The molecule has 20 heavy (non-hydrogen) atoms. The number of carbonyl (C=O) groups is 1. The first-order chi connectivity index (χ1) is 9.35. The summed E-state index contributed by atoms with van der Waals surface area (Å²) in [5, 5.41) is 5.96. The Labute approximate surface area is 119 Å². The number of hydrogen-bond acceptors (Lipinski definition) is 4. The fourth-order valence-corrected chi connectivity index (χ4v) is 2.84. The van der Waals surface area contributed by atoms with Gasteiger partial charge in [0, 0.05) is 5.69 Å². The molecule has 1 saturated heterocycles. The first-order valence-electron chi connectivity index (χ1n) is 6.47. The number of anilines is 2. The van der Waals surface area contributed by atoms with Crippen LogP contribution >= 0.6 is 0 Å². The van der Waals surface area contributed by atoms with Crippen LogP contribution in [0.2, 0.25) is 0 Å². The smallest absolute Gasteiger partial charge is 0.241 e. The van der Waals surface area contributed by atoms with Crippen LogP contribution in [0, 0.1) is 5.92 Å². The Bertz CT molecular complexity index is 601. The molecule has 0 spiro atoms. The van der Waals surface area contributed by atoms with Crippen LogP contribution in [0.1, 0.15) is 13.3 Å². The van der Waals surface area contributed by atoms with Crippen LogP contribution in [0.5, 0.6) is 0 Å². The number of hydrogen-bond donors (Lipinski definition) is 3. The highest BCUT2D eigenvalue weighted by Crippen LogP contribution is 2.19. The molecule has 1 aliphatic heterocycles. The molecule has 1 aliphatic rings. The fourth-order valence-electron chi connectivity index (χ4n) is 2.28. The van der Waals surface area contributed by atoms with E-state index in [1.165, 1.54) is 0 Å². The zero-order valence-electron chi connectivity index (χ0n) is 11.5. The van der Waals surface area contributed by atoms with Gasteiger partial charge in [0.2, 0.25) is 15.9 Å². The van der Waals surface area contributed by atoms with Gasteiger partial charge in [0.15, 0.2) is 0 Å². The van der Waals surface area contributed by atoms with Gasteiger partial charge >= 0.3 is 0 Å². The summed E-state index contributed by atoms with van der Waals surface area (Å²) in [6, 6.07) is 6.45. The summed E-state index contributed by atoms with van der Waals surface area (Å²) in [5.74, 6) is 0.207. The van der Waals surface area contributed by atoms with Gasteiger partial charge in [-0.05, 0) is 37.1 Å². The van der Waals surface area contributed by atoms with Crippen molar-refractivity contribution < 1.29 is 13.2 Å². The molecule has 2 atom stereocenters. The molecule has 0 aromatic heterocycles. The molecule has 3 N–H and O–H groups in total. The summed E-state index contributed by atoms with van der Waals surface area (Å²) in [5.41, 5.74) is 1.00. The molecule has 1 aromatic rings. The second kappa shape index (κ2) is 5.80. The maximum Gasteiger partial charge on any atom is 0.241 e. The maximum atomic E-state index is 12.1. The Morgan fingerprint density at radius 3 is 2.65 bits per heavy atom. The largest absolute Gasteiger partial charge is 0.325 e. The molecule has 1 heterocycles. The van der Waals surface area contributed by atoms with E-state index in [1.54, 1.807) is 24.3 Å². The van der Waals surface area contributed by atoms with E-state index in [0.717, 1.165) is 19.2 Å². The Kier molecular flexibility index (Phi) is 4.29. The molecule has 2 unspecified atom stereocenters. The first kappa shape index (κ1) is 14.8. The predicted molar refractivity (Wildman–Crippen MR) is 79.1 cm³/mol. The van der Waals surface area contributed by atoms with Crippen molar-refractivity contribution in [1.29, 1.82) is 0 Å². The van der Waals surface area contributed by atoms with Gasteiger partial charge in [0.25, 0.3) is 0 Å². The van der Waals surface area contributed by atoms with Crippen molar-refractivity contribution in [3.05, 3.63) is 24.3 Å². The lowest BCUT2D eigenvalue weighted by Gasteiger charge is -2.16. The quantitative estimate of drug-likeness (QED) is 0.773. The van der Waals surface area contributed by atoms with Gasteiger partial charge in [-0.3, -0.25) is 9.52 Å². The molecule has 0 saturated carbocycles. The molecular formula is C13H19N3O3S. The van der Waals surface area contributed by atoms with Gasteiger partial charge in [-0.15, -0.1) is 0 Å². The Morgan fingerprint density at radius 2 is 2.05 bits per heavy atom. The number of amides is 1. The van der Waals surface area contributed by atoms with Crippen LogP contribution in [0.25, 0.3) is 0 Å². The van der Waals surface area contributed by atoms with Gasteiger partial charge < -0.3 is 10.6 Å². The second-order valence-corrected chi connectivity index (χ2v) is 6.89. The van der Waals surface area contributed by atoms with Gasteiger partial charge in [0.05, 0.1) is 18.0 Å². The van der Waals surface area contributed by atoms with Gasteiger partial charge in [-0.1, -0.05) is 13.0 Å². The molecule has 0 bridgehead atoms. The number of rotatable bonds is 4. The van der Waals surface area contributed by atoms with Crippen molar-refractivity contribution in [2.75, 3.05) is 22.8 Å². The van der Waals surface area contributed by atoms with E-state index in [1.807, 2.05) is 6.92 Å². The Balaban J connectivity index is 2.06. The van der Waals surface area contributed by atoms with E-state index < -0.39 is 10.0 Å². The zero-order valence-corrected chi connectivity index (χ0v) is 12.3. The molecule has 6 nitrogen and oxygen atoms in total. The topological polar surface area (TPSA) is 87.3 Å². The van der Waals surface area contributed by atoms with Crippen LogP contribution in [-0.2, 0) is 14.8 Å². The number of sulfonamides is 1. The second-order valence-electron chi connectivity index (χ2n) is 5.14. The standard InChI is InChI=1S/C13H19N3O3S/c1-9-6-7-14-12(9)13(17)15-10-4-3-5-11(8-10)16-20(2,18)19/h3-5,8-9,12,14,16H,6-7H2,1-2H3,(H,15,17). The average molecular weight is 297 g/mol. The van der Waals surface area contributed by atoms with Crippen molar-refractivity contribution in [2.45, 2.75) is 19.4 Å². The lowest BCUT2D eigenvalue weighted by Crippen LogP contribution is -2.39. The maximum absolute atomic E-state index is 12.1. The molecule has 0 aliphatic carbocycles. The molecule has 1 amide bonds. The molecular weight excluding hydrogens is 278 g/mol. The molecule has 7 heteroatoms. The van der Waals surface area contributed by atoms with Crippen molar-refractivity contribution >= 4 is 27.3 Å². The molecule has 1 aromatic carbocycles. The molecule has 110 valence electrons. The summed E-state index contributed by atoms with van der Waals surface area (Å²) in [4.78, 5) is 12.1.